The molecule has 0 fully saturated rings. The van der Waals surface area contributed by atoms with Crippen LogP contribution in [0.3, 0.4) is 0 Å². The normalized spacial score (nSPS) is 12.0. The van der Waals surface area contributed by atoms with Crippen molar-refractivity contribution in [2.75, 3.05) is 18.8 Å². The summed E-state index contributed by atoms with van der Waals surface area (Å²) in [5.74, 6) is 0.540. The maximum atomic E-state index is 12.6. The molecule has 144 valence electrons. The van der Waals surface area contributed by atoms with E-state index in [1.807, 2.05) is 42.5 Å². The molecule has 8 heteroatoms. The largest absolute Gasteiger partial charge is 0.284 e. The average molecular weight is 407 g/mol. The summed E-state index contributed by atoms with van der Waals surface area (Å²) in [4.78, 5) is 11.3. The van der Waals surface area contributed by atoms with Crippen molar-refractivity contribution in [3.63, 3.8) is 0 Å². The lowest BCUT2D eigenvalue weighted by molar-refractivity contribution is -0.388. The van der Waals surface area contributed by atoms with Gasteiger partial charge in [0.2, 0.25) is 10.0 Å². The van der Waals surface area contributed by atoms with Crippen LogP contribution < -0.4 is 0 Å². The van der Waals surface area contributed by atoms with Gasteiger partial charge in [-0.1, -0.05) is 56.3 Å². The Hall–Kier alpha value is -2.16. The van der Waals surface area contributed by atoms with Crippen LogP contribution in [0, 0.1) is 10.1 Å². The minimum atomic E-state index is -3.73. The molecule has 27 heavy (non-hydrogen) atoms. The molecule has 2 rings (SSSR count). The van der Waals surface area contributed by atoms with Crippen molar-refractivity contribution in [1.82, 2.24) is 4.31 Å². The monoisotopic (exact) mass is 406 g/mol. The van der Waals surface area contributed by atoms with Crippen LogP contribution in [0.5, 0.6) is 0 Å². The smallest absolute Gasteiger partial charge is 0.258 e. The Labute approximate surface area is 164 Å². The van der Waals surface area contributed by atoms with E-state index in [0.29, 0.717) is 23.7 Å². The van der Waals surface area contributed by atoms with E-state index in [-0.39, 0.29) is 10.6 Å². The van der Waals surface area contributed by atoms with Crippen molar-refractivity contribution in [3.8, 4) is 0 Å². The Kier molecular flexibility index (Phi) is 7.58. The molecule has 2 aromatic carbocycles. The molecular weight excluding hydrogens is 384 g/mol. The molecule has 0 bridgehead atoms. The molecule has 0 heterocycles. The Bertz CT molecular complexity index is 909. The number of nitro groups is 1. The van der Waals surface area contributed by atoms with E-state index in [9.17, 15) is 18.5 Å². The van der Waals surface area contributed by atoms with E-state index in [0.717, 1.165) is 11.6 Å². The van der Waals surface area contributed by atoms with Crippen LogP contribution in [0.15, 0.2) is 64.4 Å². The highest BCUT2D eigenvalue weighted by atomic mass is 32.2. The molecule has 6 nitrogen and oxygen atoms in total. The molecule has 0 amide bonds. The van der Waals surface area contributed by atoms with Crippen LogP contribution in [-0.4, -0.2) is 36.5 Å². The summed E-state index contributed by atoms with van der Waals surface area (Å²) >= 11 is 1.30. The number of thioether (sulfide) groups is 1. The molecule has 0 aliphatic rings. The van der Waals surface area contributed by atoms with Crippen molar-refractivity contribution >= 4 is 33.5 Å². The van der Waals surface area contributed by atoms with Gasteiger partial charge in [-0.2, -0.15) is 4.31 Å². The molecule has 0 atom stereocenters. The molecule has 0 saturated heterocycles. The molecule has 0 spiro atoms. The maximum absolute atomic E-state index is 12.6. The second-order valence-electron chi connectivity index (χ2n) is 5.60. The van der Waals surface area contributed by atoms with Gasteiger partial charge in [0.1, 0.15) is 0 Å². The molecule has 0 aliphatic carbocycles. The minimum Gasteiger partial charge on any atom is -0.258 e. The van der Waals surface area contributed by atoms with Gasteiger partial charge in [-0.05, 0) is 17.7 Å². The van der Waals surface area contributed by atoms with Crippen LogP contribution in [0.4, 0.5) is 5.69 Å². The quantitative estimate of drug-likeness (QED) is 0.350. The van der Waals surface area contributed by atoms with Crippen LogP contribution in [0.1, 0.15) is 19.4 Å². The number of sulfonamides is 1. The predicted molar refractivity (Wildman–Crippen MR) is 109 cm³/mol. The lowest BCUT2D eigenvalue weighted by Crippen LogP contribution is -2.30. The van der Waals surface area contributed by atoms with Gasteiger partial charge in [-0.3, -0.25) is 10.1 Å². The molecule has 0 saturated carbocycles. The number of nitrogens with zero attached hydrogens (tertiary/aromatic N) is 2. The van der Waals surface area contributed by atoms with Gasteiger partial charge in [0.05, 0.1) is 14.7 Å². The molecular formula is C19H22N2O4S2. The fraction of sp³-hybridized carbons (Fsp3) is 0.263. The number of hydrogen-bond acceptors (Lipinski definition) is 5. The fourth-order valence-electron chi connectivity index (χ4n) is 2.52. The lowest BCUT2D eigenvalue weighted by atomic mass is 10.2. The van der Waals surface area contributed by atoms with Crippen molar-refractivity contribution in [2.45, 2.75) is 23.6 Å². The topological polar surface area (TPSA) is 80.5 Å². The van der Waals surface area contributed by atoms with Crippen molar-refractivity contribution in [1.29, 1.82) is 0 Å². The zero-order valence-electron chi connectivity index (χ0n) is 15.2. The van der Waals surface area contributed by atoms with Crippen LogP contribution >= 0.6 is 11.8 Å². The lowest BCUT2D eigenvalue weighted by Gasteiger charge is -2.18. The average Bonchev–Trinajstić information content (AvgIpc) is 2.66. The van der Waals surface area contributed by atoms with Gasteiger partial charge in [0.15, 0.2) is 0 Å². The third kappa shape index (κ3) is 5.41. The molecule has 0 aliphatic heterocycles. The van der Waals surface area contributed by atoms with E-state index in [2.05, 4.69) is 0 Å². The summed E-state index contributed by atoms with van der Waals surface area (Å²) in [6, 6.07) is 13.8. The number of nitro benzene ring substituents is 1. The summed E-state index contributed by atoms with van der Waals surface area (Å²) in [6.45, 7) is 4.10. The van der Waals surface area contributed by atoms with Gasteiger partial charge in [-0.25, -0.2) is 8.42 Å². The third-order valence-corrected chi connectivity index (χ3v) is 6.98. The zero-order chi connectivity index (χ0) is 19.9. The first-order valence-corrected chi connectivity index (χ1v) is 11.0. The summed E-state index contributed by atoms with van der Waals surface area (Å²) in [5, 5.41) is 11.4. The van der Waals surface area contributed by atoms with Crippen molar-refractivity contribution < 1.29 is 13.3 Å². The van der Waals surface area contributed by atoms with Crippen molar-refractivity contribution in [2.24, 2.45) is 0 Å². The van der Waals surface area contributed by atoms with Crippen LogP contribution in [-0.2, 0) is 10.0 Å². The van der Waals surface area contributed by atoms with Gasteiger partial charge in [-0.15, -0.1) is 11.8 Å². The SMILES string of the molecule is CCN(CC)S(=O)(=O)c1ccc(SCC=Cc2ccccc2)c([N+](=O)[O-])c1. The molecule has 0 N–H and O–H groups in total. The Balaban J connectivity index is 2.21. The van der Waals surface area contributed by atoms with E-state index < -0.39 is 14.9 Å². The minimum absolute atomic E-state index is 0.0536. The number of rotatable bonds is 9. The highest BCUT2D eigenvalue weighted by Gasteiger charge is 2.25. The highest BCUT2D eigenvalue weighted by molar-refractivity contribution is 7.99. The first-order chi connectivity index (χ1) is 12.9. The second kappa shape index (κ2) is 9.68. The van der Waals surface area contributed by atoms with E-state index in [1.54, 1.807) is 13.8 Å². The summed E-state index contributed by atoms with van der Waals surface area (Å²) in [6.07, 6.45) is 3.86. The Morgan fingerprint density at radius 1 is 1.11 bits per heavy atom. The summed E-state index contributed by atoms with van der Waals surface area (Å²) < 4.78 is 26.4. The van der Waals surface area contributed by atoms with Crippen LogP contribution in [0.2, 0.25) is 0 Å². The number of hydrogen-bond donors (Lipinski definition) is 0. The Morgan fingerprint density at radius 2 is 1.78 bits per heavy atom. The van der Waals surface area contributed by atoms with Crippen molar-refractivity contribution in [3.05, 3.63) is 70.3 Å². The maximum Gasteiger partial charge on any atom is 0.284 e. The highest BCUT2D eigenvalue weighted by Crippen LogP contribution is 2.32. The second-order valence-corrected chi connectivity index (χ2v) is 8.60. The van der Waals surface area contributed by atoms with E-state index in [4.69, 9.17) is 0 Å². The predicted octanol–water partition coefficient (Wildman–Crippen LogP) is 4.43. The van der Waals surface area contributed by atoms with Gasteiger partial charge in [0.25, 0.3) is 5.69 Å². The van der Waals surface area contributed by atoms with Gasteiger partial charge < -0.3 is 0 Å². The van der Waals surface area contributed by atoms with Crippen LogP contribution in [0.25, 0.3) is 6.08 Å². The molecule has 0 unspecified atom stereocenters. The first kappa shape index (κ1) is 21.1. The Morgan fingerprint density at radius 3 is 2.37 bits per heavy atom. The molecule has 0 aromatic heterocycles. The molecule has 0 radical (unpaired) electrons. The standard InChI is InChI=1S/C19H22N2O4S2/c1-3-20(4-2)27(24,25)17-12-13-19(18(15-17)21(22)23)26-14-8-11-16-9-6-5-7-10-16/h5-13,15H,3-4,14H2,1-2H3. The van der Waals surface area contributed by atoms with Gasteiger partial charge in [0, 0.05) is 24.9 Å². The first-order valence-electron chi connectivity index (χ1n) is 8.53. The zero-order valence-corrected chi connectivity index (χ0v) is 16.9. The summed E-state index contributed by atoms with van der Waals surface area (Å²) in [5.41, 5.74) is 0.856. The fourth-order valence-corrected chi connectivity index (χ4v) is 4.82. The number of benzene rings is 2. The van der Waals surface area contributed by atoms with E-state index >= 15 is 0 Å². The van der Waals surface area contributed by atoms with E-state index in [1.165, 1.54) is 28.2 Å². The van der Waals surface area contributed by atoms with Gasteiger partial charge >= 0.3 is 0 Å². The summed E-state index contributed by atoms with van der Waals surface area (Å²) in [7, 11) is -3.73. The molecule has 2 aromatic rings. The third-order valence-electron chi connectivity index (χ3n) is 3.92.